The molecule has 0 saturated carbocycles. The normalized spacial score (nSPS) is 19.3. The van der Waals surface area contributed by atoms with E-state index < -0.39 is 54.7 Å². The highest BCUT2D eigenvalue weighted by Crippen LogP contribution is 2.23. The van der Waals surface area contributed by atoms with Gasteiger partial charge in [0.25, 0.3) is 0 Å². The minimum atomic E-state index is -1.86. The Kier molecular flexibility index (Phi) is 41.3. The van der Waals surface area contributed by atoms with E-state index in [2.05, 4.69) is 38.2 Å². The third-order valence-corrected chi connectivity index (χ3v) is 12.6. The van der Waals surface area contributed by atoms with Gasteiger partial charge in [0.2, 0.25) is 0 Å². The molecule has 6 unspecified atom stereocenters. The number of esters is 2. The van der Waals surface area contributed by atoms with Crippen molar-refractivity contribution in [2.45, 2.75) is 288 Å². The monoisotopic (exact) mass is 923 g/mol. The molecular formula is C54H98O11. The number of carboxylic acids is 1. The largest absolute Gasteiger partial charge is 0.479 e. The van der Waals surface area contributed by atoms with Gasteiger partial charge in [-0.25, -0.2) is 4.79 Å². The third-order valence-electron chi connectivity index (χ3n) is 12.6. The van der Waals surface area contributed by atoms with Crippen LogP contribution >= 0.6 is 0 Å². The summed E-state index contributed by atoms with van der Waals surface area (Å²) in [5.41, 5.74) is 0. The zero-order valence-electron chi connectivity index (χ0n) is 41.5. The molecule has 380 valence electrons. The van der Waals surface area contributed by atoms with Crippen LogP contribution in [-0.2, 0) is 33.3 Å². The summed E-state index contributed by atoms with van der Waals surface area (Å²) in [4.78, 5) is 37.0. The first-order valence-corrected chi connectivity index (χ1v) is 26.9. The van der Waals surface area contributed by atoms with Gasteiger partial charge in [-0.15, -0.1) is 0 Å². The number of aliphatic hydroxyl groups excluding tert-OH is 3. The number of allylic oxidation sites excluding steroid dienone is 4. The number of carbonyl (C=O) groups excluding carboxylic acids is 2. The summed E-state index contributed by atoms with van der Waals surface area (Å²) in [6, 6.07) is 0. The maximum Gasteiger partial charge on any atom is 0.335 e. The molecule has 0 bridgehead atoms. The van der Waals surface area contributed by atoms with Crippen molar-refractivity contribution in [1.29, 1.82) is 0 Å². The lowest BCUT2D eigenvalue weighted by Gasteiger charge is -2.38. The van der Waals surface area contributed by atoms with E-state index in [1.165, 1.54) is 167 Å². The van der Waals surface area contributed by atoms with E-state index in [4.69, 9.17) is 18.9 Å². The van der Waals surface area contributed by atoms with Crippen molar-refractivity contribution in [3.8, 4) is 0 Å². The van der Waals surface area contributed by atoms with Gasteiger partial charge >= 0.3 is 17.9 Å². The Morgan fingerprint density at radius 3 is 1.28 bits per heavy atom. The van der Waals surface area contributed by atoms with Crippen LogP contribution in [0.15, 0.2) is 24.3 Å². The first kappa shape index (κ1) is 60.7. The first-order valence-electron chi connectivity index (χ1n) is 26.9. The number of aliphatic carboxylic acids is 1. The standard InChI is InChI=1S/C54H98O11/c1-3-5-7-9-11-13-15-17-19-21-22-23-24-25-26-27-29-30-32-34-36-38-40-42-47(55)62-44-46(45-63-54-51(59)49(57)50(58)52(65-54)53(60)61)64-48(56)43-41-39-37-35-33-31-28-20-18-16-14-12-10-8-6-4-2/h15,17,21-22,46,49-52,54,57-59H,3-14,16,18-20,23-45H2,1-2H3,(H,60,61)/b17-15-,22-21-. The maximum absolute atomic E-state index is 12.8. The van der Waals surface area contributed by atoms with Crippen LogP contribution in [0.4, 0.5) is 0 Å². The van der Waals surface area contributed by atoms with Crippen molar-refractivity contribution in [2.75, 3.05) is 13.2 Å². The predicted octanol–water partition coefficient (Wildman–Crippen LogP) is 12.9. The smallest absolute Gasteiger partial charge is 0.335 e. The highest BCUT2D eigenvalue weighted by molar-refractivity contribution is 5.73. The van der Waals surface area contributed by atoms with Gasteiger partial charge in [0.1, 0.15) is 24.9 Å². The minimum absolute atomic E-state index is 0.188. The van der Waals surface area contributed by atoms with Crippen LogP contribution in [0.2, 0.25) is 0 Å². The minimum Gasteiger partial charge on any atom is -0.479 e. The summed E-state index contributed by atoms with van der Waals surface area (Å²) in [5, 5.41) is 40.0. The summed E-state index contributed by atoms with van der Waals surface area (Å²) in [7, 11) is 0. The molecule has 11 nitrogen and oxygen atoms in total. The van der Waals surface area contributed by atoms with Gasteiger partial charge in [-0.3, -0.25) is 9.59 Å². The molecule has 0 aliphatic carbocycles. The second-order valence-corrected chi connectivity index (χ2v) is 18.7. The highest BCUT2D eigenvalue weighted by atomic mass is 16.7. The van der Waals surface area contributed by atoms with Gasteiger partial charge in [-0.1, -0.05) is 218 Å². The number of carboxylic acid groups (broad SMARTS) is 1. The Morgan fingerprint density at radius 2 is 0.862 bits per heavy atom. The Balaban J connectivity index is 2.25. The van der Waals surface area contributed by atoms with Crippen LogP contribution in [0.3, 0.4) is 0 Å². The summed E-state index contributed by atoms with van der Waals surface area (Å²) in [6.45, 7) is 3.84. The highest BCUT2D eigenvalue weighted by Gasteiger charge is 2.47. The Hall–Kier alpha value is -2.31. The van der Waals surface area contributed by atoms with Crippen LogP contribution in [0.25, 0.3) is 0 Å². The molecule has 65 heavy (non-hydrogen) atoms. The SMILES string of the molecule is CCCCCCC/C=C\C/C=C\CCCCCCCCCCCCCC(=O)OCC(COC1OC(C(=O)O)C(O)C(O)C1O)OC(=O)CCCCCCCCCCCCCCCCCC. The fourth-order valence-electron chi connectivity index (χ4n) is 8.32. The summed E-state index contributed by atoms with van der Waals surface area (Å²) >= 11 is 0. The number of aliphatic hydroxyl groups is 3. The lowest BCUT2D eigenvalue weighted by molar-refractivity contribution is -0.298. The zero-order chi connectivity index (χ0) is 47.4. The van der Waals surface area contributed by atoms with E-state index in [0.717, 1.165) is 44.9 Å². The van der Waals surface area contributed by atoms with E-state index in [9.17, 15) is 34.8 Å². The molecule has 1 fully saturated rings. The molecule has 0 aromatic heterocycles. The Bertz CT molecular complexity index is 1180. The summed E-state index contributed by atoms with van der Waals surface area (Å²) < 4.78 is 21.8. The predicted molar refractivity (Wildman–Crippen MR) is 262 cm³/mol. The van der Waals surface area contributed by atoms with Crippen molar-refractivity contribution in [2.24, 2.45) is 0 Å². The number of hydrogen-bond donors (Lipinski definition) is 4. The van der Waals surface area contributed by atoms with Crippen molar-refractivity contribution in [3.63, 3.8) is 0 Å². The maximum atomic E-state index is 12.8. The van der Waals surface area contributed by atoms with Gasteiger partial charge in [0.05, 0.1) is 6.61 Å². The fraction of sp³-hybridized carbons (Fsp3) is 0.870. The van der Waals surface area contributed by atoms with Crippen molar-refractivity contribution in [1.82, 2.24) is 0 Å². The summed E-state index contributed by atoms with van der Waals surface area (Å²) in [6.07, 6.45) is 42.3. The van der Waals surface area contributed by atoms with Gasteiger partial charge < -0.3 is 39.4 Å². The van der Waals surface area contributed by atoms with E-state index in [0.29, 0.717) is 12.8 Å². The topological polar surface area (TPSA) is 169 Å². The molecule has 0 aromatic carbocycles. The van der Waals surface area contributed by atoms with Crippen LogP contribution in [0, 0.1) is 0 Å². The van der Waals surface area contributed by atoms with Crippen molar-refractivity contribution >= 4 is 17.9 Å². The Morgan fingerprint density at radius 1 is 0.477 bits per heavy atom. The number of carbonyl (C=O) groups is 3. The molecule has 1 heterocycles. The van der Waals surface area contributed by atoms with Gasteiger partial charge in [0, 0.05) is 12.8 Å². The Labute approximate surface area is 396 Å². The quantitative estimate of drug-likeness (QED) is 0.0260. The number of unbranched alkanes of at least 4 members (excludes halogenated alkanes) is 31. The first-order chi connectivity index (χ1) is 31.7. The molecule has 0 spiro atoms. The molecule has 1 saturated heterocycles. The fourth-order valence-corrected chi connectivity index (χ4v) is 8.32. The molecular weight excluding hydrogens is 825 g/mol. The third kappa shape index (κ3) is 35.5. The lowest BCUT2D eigenvalue weighted by atomic mass is 9.99. The second kappa shape index (κ2) is 44.2. The molecule has 0 aromatic rings. The van der Waals surface area contributed by atoms with Crippen molar-refractivity contribution in [3.05, 3.63) is 24.3 Å². The molecule has 6 atom stereocenters. The molecule has 0 amide bonds. The lowest BCUT2D eigenvalue weighted by Crippen LogP contribution is -2.60. The molecule has 4 N–H and O–H groups in total. The van der Waals surface area contributed by atoms with Gasteiger partial charge in [0.15, 0.2) is 18.5 Å². The van der Waals surface area contributed by atoms with E-state index in [-0.39, 0.29) is 26.1 Å². The van der Waals surface area contributed by atoms with Crippen LogP contribution in [0.5, 0.6) is 0 Å². The molecule has 1 rings (SSSR count). The summed E-state index contributed by atoms with van der Waals surface area (Å²) in [5.74, 6) is -2.43. The van der Waals surface area contributed by atoms with Crippen molar-refractivity contribution < 1.29 is 53.8 Å². The molecule has 0 radical (unpaired) electrons. The van der Waals surface area contributed by atoms with E-state index in [1.54, 1.807) is 0 Å². The average molecular weight is 923 g/mol. The number of hydrogen-bond acceptors (Lipinski definition) is 10. The second-order valence-electron chi connectivity index (χ2n) is 18.7. The van der Waals surface area contributed by atoms with E-state index in [1.807, 2.05) is 0 Å². The zero-order valence-corrected chi connectivity index (χ0v) is 41.5. The molecule has 11 heteroatoms. The van der Waals surface area contributed by atoms with Gasteiger partial charge in [-0.05, 0) is 44.9 Å². The number of rotatable bonds is 46. The van der Waals surface area contributed by atoms with Crippen LogP contribution in [-0.4, -0.2) is 88.4 Å². The van der Waals surface area contributed by atoms with E-state index >= 15 is 0 Å². The average Bonchev–Trinajstić information content (AvgIpc) is 3.29. The van der Waals surface area contributed by atoms with Gasteiger partial charge in [-0.2, -0.15) is 0 Å². The van der Waals surface area contributed by atoms with Crippen LogP contribution < -0.4 is 0 Å². The number of ether oxygens (including phenoxy) is 4. The van der Waals surface area contributed by atoms with Crippen LogP contribution in [0.1, 0.15) is 251 Å². The molecule has 1 aliphatic rings. The molecule has 1 aliphatic heterocycles.